The summed E-state index contributed by atoms with van der Waals surface area (Å²) in [7, 11) is 0. The summed E-state index contributed by atoms with van der Waals surface area (Å²) in [6.45, 7) is 0.766. The molecule has 2 aliphatic rings. The van der Waals surface area contributed by atoms with Crippen LogP contribution in [0.3, 0.4) is 0 Å². The molecule has 1 saturated carbocycles. The molecule has 1 aliphatic heterocycles. The average Bonchev–Trinajstić information content (AvgIpc) is 2.45. The molecule has 2 nitrogen and oxygen atoms in total. The second-order valence-electron chi connectivity index (χ2n) is 2.71. The van der Waals surface area contributed by atoms with Gasteiger partial charge in [-0.2, -0.15) is 0 Å². The van der Waals surface area contributed by atoms with Crippen molar-refractivity contribution in [3.05, 3.63) is 0 Å². The monoisotopic (exact) mass is 114 g/mol. The van der Waals surface area contributed by atoms with Crippen molar-refractivity contribution in [1.82, 2.24) is 0 Å². The molecule has 1 N–H and O–H groups in total. The molecule has 3 atom stereocenters. The van der Waals surface area contributed by atoms with Crippen LogP contribution < -0.4 is 0 Å². The molecule has 1 aliphatic carbocycles. The first-order chi connectivity index (χ1) is 3.88. The van der Waals surface area contributed by atoms with E-state index in [9.17, 15) is 0 Å². The van der Waals surface area contributed by atoms with Gasteiger partial charge in [0.15, 0.2) is 6.29 Å². The maximum Gasteiger partial charge on any atom is 0.157 e. The molecule has 1 saturated heterocycles. The highest BCUT2D eigenvalue weighted by Gasteiger charge is 2.45. The fraction of sp³-hybridized carbons (Fsp3) is 1.00. The topological polar surface area (TPSA) is 29.5 Å². The molecule has 0 spiro atoms. The highest BCUT2D eigenvalue weighted by atomic mass is 16.6. The molecule has 0 bridgehead atoms. The molecule has 0 aromatic carbocycles. The number of ether oxygens (including phenoxy) is 1. The second-order valence-corrected chi connectivity index (χ2v) is 2.71. The lowest BCUT2D eigenvalue weighted by Gasteiger charge is -2.15. The van der Waals surface area contributed by atoms with Gasteiger partial charge in [-0.15, -0.1) is 0 Å². The third-order valence-corrected chi connectivity index (χ3v) is 2.12. The lowest BCUT2D eigenvalue weighted by molar-refractivity contribution is -0.132. The number of aliphatic hydroxyl groups is 1. The molecule has 0 aromatic rings. The van der Waals surface area contributed by atoms with Crippen LogP contribution in [-0.4, -0.2) is 18.0 Å². The zero-order valence-electron chi connectivity index (χ0n) is 4.71. The minimum absolute atomic E-state index is 0.422. The second kappa shape index (κ2) is 1.45. The van der Waals surface area contributed by atoms with Gasteiger partial charge in [0.2, 0.25) is 0 Å². The van der Waals surface area contributed by atoms with Crippen molar-refractivity contribution in [2.45, 2.75) is 19.1 Å². The zero-order valence-corrected chi connectivity index (χ0v) is 4.71. The quantitative estimate of drug-likeness (QED) is 0.492. The van der Waals surface area contributed by atoms with E-state index in [1.54, 1.807) is 0 Å². The molecule has 1 heterocycles. The van der Waals surface area contributed by atoms with Crippen LogP contribution in [0.5, 0.6) is 0 Å². The Morgan fingerprint density at radius 2 is 2.38 bits per heavy atom. The summed E-state index contributed by atoms with van der Waals surface area (Å²) in [4.78, 5) is 0. The van der Waals surface area contributed by atoms with Crippen molar-refractivity contribution in [2.75, 3.05) is 6.61 Å². The molecule has 2 fully saturated rings. The molecule has 2 heteroatoms. The smallest absolute Gasteiger partial charge is 0.157 e. The molecule has 1 unspecified atom stereocenters. The molecule has 0 aromatic heterocycles. The molecule has 46 valence electrons. The van der Waals surface area contributed by atoms with Gasteiger partial charge >= 0.3 is 0 Å². The SMILES string of the molecule is OC1OCC[C@H]2C[C@@H]12. The lowest BCUT2D eigenvalue weighted by atomic mass is 10.2. The van der Waals surface area contributed by atoms with E-state index >= 15 is 0 Å². The van der Waals surface area contributed by atoms with Crippen molar-refractivity contribution in [3.63, 3.8) is 0 Å². The Hall–Kier alpha value is -0.0800. The summed E-state index contributed by atoms with van der Waals surface area (Å²) in [5, 5.41) is 9.00. The Bertz CT molecular complexity index is 103. The van der Waals surface area contributed by atoms with E-state index in [2.05, 4.69) is 0 Å². The van der Waals surface area contributed by atoms with Crippen LogP contribution in [0.15, 0.2) is 0 Å². The van der Waals surface area contributed by atoms with Crippen molar-refractivity contribution in [2.24, 2.45) is 11.8 Å². The summed E-state index contributed by atoms with van der Waals surface area (Å²) in [6, 6.07) is 0. The fourth-order valence-corrected chi connectivity index (χ4v) is 1.42. The first kappa shape index (κ1) is 4.77. The molecule has 2 rings (SSSR count). The molecular weight excluding hydrogens is 104 g/mol. The maximum absolute atomic E-state index is 9.00. The Kier molecular flexibility index (Phi) is 0.866. The van der Waals surface area contributed by atoms with Gasteiger partial charge in [-0.25, -0.2) is 0 Å². The van der Waals surface area contributed by atoms with Gasteiger partial charge in [0.1, 0.15) is 0 Å². The van der Waals surface area contributed by atoms with Crippen molar-refractivity contribution >= 4 is 0 Å². The first-order valence-electron chi connectivity index (χ1n) is 3.17. The third kappa shape index (κ3) is 0.565. The van der Waals surface area contributed by atoms with E-state index in [1.807, 2.05) is 0 Å². The number of hydrogen-bond acceptors (Lipinski definition) is 2. The Balaban J connectivity index is 1.99. The van der Waals surface area contributed by atoms with Crippen LogP contribution in [0.4, 0.5) is 0 Å². The molecular formula is C6H10O2. The number of rotatable bonds is 0. The minimum atomic E-state index is -0.422. The number of fused-ring (bicyclic) bond motifs is 1. The van der Waals surface area contributed by atoms with Gasteiger partial charge in [0, 0.05) is 5.92 Å². The van der Waals surface area contributed by atoms with E-state index < -0.39 is 6.29 Å². The Labute approximate surface area is 48.5 Å². The summed E-state index contributed by atoms with van der Waals surface area (Å²) in [6.07, 6.45) is 1.94. The van der Waals surface area contributed by atoms with Gasteiger partial charge in [-0.05, 0) is 18.8 Å². The summed E-state index contributed by atoms with van der Waals surface area (Å²) in [5.74, 6) is 1.31. The van der Waals surface area contributed by atoms with E-state index in [0.29, 0.717) is 5.92 Å². The normalized spacial score (nSPS) is 52.9. The van der Waals surface area contributed by atoms with E-state index in [0.717, 1.165) is 12.5 Å². The van der Waals surface area contributed by atoms with Crippen LogP contribution in [0, 0.1) is 11.8 Å². The average molecular weight is 114 g/mol. The lowest BCUT2D eigenvalue weighted by Crippen LogP contribution is -2.20. The predicted octanol–water partition coefficient (Wildman–Crippen LogP) is 0.361. The summed E-state index contributed by atoms with van der Waals surface area (Å²) < 4.78 is 4.99. The van der Waals surface area contributed by atoms with E-state index in [-0.39, 0.29) is 0 Å². The Morgan fingerprint density at radius 1 is 1.50 bits per heavy atom. The molecule has 0 radical (unpaired) electrons. The van der Waals surface area contributed by atoms with Crippen LogP contribution in [-0.2, 0) is 4.74 Å². The van der Waals surface area contributed by atoms with Crippen LogP contribution in [0.25, 0.3) is 0 Å². The Morgan fingerprint density at radius 3 is 3.00 bits per heavy atom. The van der Waals surface area contributed by atoms with Crippen LogP contribution in [0.1, 0.15) is 12.8 Å². The fourth-order valence-electron chi connectivity index (χ4n) is 1.42. The van der Waals surface area contributed by atoms with E-state index in [1.165, 1.54) is 12.8 Å². The highest BCUT2D eigenvalue weighted by Crippen LogP contribution is 2.46. The maximum atomic E-state index is 9.00. The van der Waals surface area contributed by atoms with Gasteiger partial charge in [0.25, 0.3) is 0 Å². The first-order valence-corrected chi connectivity index (χ1v) is 3.17. The summed E-state index contributed by atoms with van der Waals surface area (Å²) in [5.41, 5.74) is 0. The molecule has 8 heavy (non-hydrogen) atoms. The zero-order chi connectivity index (χ0) is 5.56. The van der Waals surface area contributed by atoms with Crippen molar-refractivity contribution < 1.29 is 9.84 Å². The predicted molar refractivity (Wildman–Crippen MR) is 28.2 cm³/mol. The number of hydrogen-bond donors (Lipinski definition) is 1. The van der Waals surface area contributed by atoms with Crippen LogP contribution in [0.2, 0.25) is 0 Å². The van der Waals surface area contributed by atoms with Gasteiger partial charge < -0.3 is 9.84 Å². The minimum Gasteiger partial charge on any atom is -0.368 e. The third-order valence-electron chi connectivity index (χ3n) is 2.12. The highest BCUT2D eigenvalue weighted by molar-refractivity contribution is 4.90. The van der Waals surface area contributed by atoms with Gasteiger partial charge in [-0.3, -0.25) is 0 Å². The van der Waals surface area contributed by atoms with Gasteiger partial charge in [0.05, 0.1) is 6.61 Å². The van der Waals surface area contributed by atoms with Gasteiger partial charge in [-0.1, -0.05) is 0 Å². The van der Waals surface area contributed by atoms with E-state index in [4.69, 9.17) is 9.84 Å². The molecule has 0 amide bonds. The van der Waals surface area contributed by atoms with Crippen molar-refractivity contribution in [3.8, 4) is 0 Å². The van der Waals surface area contributed by atoms with Crippen molar-refractivity contribution in [1.29, 1.82) is 0 Å². The summed E-state index contributed by atoms with van der Waals surface area (Å²) >= 11 is 0. The number of aliphatic hydroxyl groups excluding tert-OH is 1. The largest absolute Gasteiger partial charge is 0.368 e. The van der Waals surface area contributed by atoms with Crippen LogP contribution >= 0.6 is 0 Å². The standard InChI is InChI=1S/C6H10O2/c7-6-5-3-4(5)1-2-8-6/h4-7H,1-3H2/t4-,5+,6?/m0/s1.